The summed E-state index contributed by atoms with van der Waals surface area (Å²) in [5.41, 5.74) is 4.05. The largest absolute Gasteiger partial charge is 0.353 e. The molecule has 0 bridgehead atoms. The highest BCUT2D eigenvalue weighted by Crippen LogP contribution is 2.19. The Bertz CT molecular complexity index is 466. The van der Waals surface area contributed by atoms with E-state index in [0.29, 0.717) is 12.5 Å². The highest BCUT2D eigenvalue weighted by atomic mass is 32.2. The summed E-state index contributed by atoms with van der Waals surface area (Å²) in [4.78, 5) is 11.9. The molecule has 0 atom stereocenters. The van der Waals surface area contributed by atoms with Crippen molar-refractivity contribution >= 4 is 17.7 Å². The summed E-state index contributed by atoms with van der Waals surface area (Å²) in [6, 6.07) is 7.03. The van der Waals surface area contributed by atoms with Crippen LogP contribution in [0.2, 0.25) is 0 Å². The van der Waals surface area contributed by atoms with E-state index in [4.69, 9.17) is 0 Å². The van der Waals surface area contributed by atoms with Crippen LogP contribution in [0.15, 0.2) is 18.2 Å². The molecule has 0 unspecified atom stereocenters. The topological polar surface area (TPSA) is 29.1 Å². The first-order valence-electron chi connectivity index (χ1n) is 8.08. The van der Waals surface area contributed by atoms with Crippen molar-refractivity contribution in [3.63, 3.8) is 0 Å². The zero-order valence-corrected chi connectivity index (χ0v) is 14.1. The van der Waals surface area contributed by atoms with E-state index < -0.39 is 0 Å². The van der Waals surface area contributed by atoms with Crippen LogP contribution >= 0.6 is 11.8 Å². The van der Waals surface area contributed by atoms with E-state index in [1.54, 1.807) is 0 Å². The molecule has 1 saturated carbocycles. The maximum absolute atomic E-state index is 11.9. The van der Waals surface area contributed by atoms with E-state index in [1.165, 1.54) is 48.8 Å². The molecule has 1 aromatic rings. The number of benzene rings is 1. The minimum atomic E-state index is 0.232. The molecule has 0 radical (unpaired) electrons. The van der Waals surface area contributed by atoms with Crippen LogP contribution in [0.5, 0.6) is 0 Å². The molecule has 1 aliphatic carbocycles. The second kappa shape index (κ2) is 8.47. The van der Waals surface area contributed by atoms with Crippen LogP contribution in [-0.4, -0.2) is 17.7 Å². The Kier molecular flexibility index (Phi) is 6.62. The summed E-state index contributed by atoms with van der Waals surface area (Å²) in [5.74, 6) is 2.14. The minimum Gasteiger partial charge on any atom is -0.353 e. The molecule has 3 heteroatoms. The zero-order chi connectivity index (χ0) is 15.1. The molecule has 21 heavy (non-hydrogen) atoms. The summed E-state index contributed by atoms with van der Waals surface area (Å²) >= 11 is 1.86. The molecule has 0 saturated heterocycles. The van der Waals surface area contributed by atoms with Crippen LogP contribution < -0.4 is 5.32 Å². The second-order valence-electron chi connectivity index (χ2n) is 6.13. The van der Waals surface area contributed by atoms with E-state index in [1.807, 2.05) is 11.8 Å². The molecular formula is C18H27NOS. The van der Waals surface area contributed by atoms with E-state index >= 15 is 0 Å². The summed E-state index contributed by atoms with van der Waals surface area (Å²) < 4.78 is 0. The number of carbonyl (C=O) groups is 1. The lowest BCUT2D eigenvalue weighted by Gasteiger charge is -2.22. The first-order chi connectivity index (χ1) is 10.1. The van der Waals surface area contributed by atoms with Crippen LogP contribution in [-0.2, 0) is 10.5 Å². The number of carbonyl (C=O) groups excluding carboxylic acids is 1. The highest BCUT2D eigenvalue weighted by Gasteiger charge is 2.15. The number of hydrogen-bond acceptors (Lipinski definition) is 2. The number of hydrogen-bond donors (Lipinski definition) is 1. The van der Waals surface area contributed by atoms with Gasteiger partial charge in [0.1, 0.15) is 0 Å². The predicted octanol–water partition coefficient (Wildman–Crippen LogP) is 4.38. The third-order valence-corrected chi connectivity index (χ3v) is 5.21. The van der Waals surface area contributed by atoms with E-state index in [9.17, 15) is 4.79 Å². The fourth-order valence-electron chi connectivity index (χ4n) is 2.85. The van der Waals surface area contributed by atoms with Crippen molar-refractivity contribution in [2.24, 2.45) is 0 Å². The average molecular weight is 305 g/mol. The number of nitrogens with one attached hydrogen (secondary N) is 1. The van der Waals surface area contributed by atoms with Crippen LogP contribution in [0.4, 0.5) is 0 Å². The molecule has 116 valence electrons. The smallest absolute Gasteiger partial charge is 0.221 e. The van der Waals surface area contributed by atoms with Gasteiger partial charge in [0.2, 0.25) is 5.91 Å². The summed E-state index contributed by atoms with van der Waals surface area (Å²) in [5, 5.41) is 3.19. The Morgan fingerprint density at radius 3 is 2.76 bits per heavy atom. The fourth-order valence-corrected chi connectivity index (χ4v) is 3.85. The van der Waals surface area contributed by atoms with Crippen LogP contribution in [0.25, 0.3) is 0 Å². The minimum absolute atomic E-state index is 0.232. The van der Waals surface area contributed by atoms with Crippen molar-refractivity contribution in [2.45, 2.75) is 64.2 Å². The van der Waals surface area contributed by atoms with Gasteiger partial charge in [0.25, 0.3) is 0 Å². The Morgan fingerprint density at radius 1 is 1.24 bits per heavy atom. The number of amides is 1. The Balaban J connectivity index is 1.64. The first kappa shape index (κ1) is 16.4. The van der Waals surface area contributed by atoms with E-state index in [2.05, 4.69) is 37.4 Å². The quantitative estimate of drug-likeness (QED) is 0.790. The SMILES string of the molecule is Cc1ccc(C)c(CSCCC(=O)NC2CCCCC2)c1. The summed E-state index contributed by atoms with van der Waals surface area (Å²) in [7, 11) is 0. The maximum atomic E-state index is 11.9. The van der Waals surface area contributed by atoms with Gasteiger partial charge in [-0.25, -0.2) is 0 Å². The summed E-state index contributed by atoms with van der Waals surface area (Å²) in [6.07, 6.45) is 6.85. The molecule has 1 N–H and O–H groups in total. The van der Waals surface area contributed by atoms with Gasteiger partial charge in [0, 0.05) is 24.0 Å². The third-order valence-electron chi connectivity index (χ3n) is 4.21. The molecule has 1 aliphatic rings. The molecule has 0 aliphatic heterocycles. The molecular weight excluding hydrogens is 278 g/mol. The maximum Gasteiger partial charge on any atom is 0.221 e. The van der Waals surface area contributed by atoms with Crippen LogP contribution in [0.3, 0.4) is 0 Å². The standard InChI is InChI=1S/C18H27NOS/c1-14-8-9-15(2)16(12-14)13-21-11-10-18(20)19-17-6-4-3-5-7-17/h8-9,12,17H,3-7,10-11,13H2,1-2H3,(H,19,20). The van der Waals surface area contributed by atoms with Gasteiger partial charge in [-0.2, -0.15) is 11.8 Å². The van der Waals surface area contributed by atoms with Gasteiger partial charge >= 0.3 is 0 Å². The molecule has 0 aromatic heterocycles. The summed E-state index contributed by atoms with van der Waals surface area (Å²) in [6.45, 7) is 4.29. The Morgan fingerprint density at radius 2 is 2.00 bits per heavy atom. The number of rotatable bonds is 6. The van der Waals surface area contributed by atoms with Crippen molar-refractivity contribution in [1.82, 2.24) is 5.32 Å². The lowest BCUT2D eigenvalue weighted by atomic mass is 9.95. The second-order valence-corrected chi connectivity index (χ2v) is 7.24. The Labute approximate surface area is 133 Å². The van der Waals surface area contributed by atoms with Gasteiger partial charge < -0.3 is 5.32 Å². The van der Waals surface area contributed by atoms with Crippen LogP contribution in [0, 0.1) is 13.8 Å². The van der Waals surface area contributed by atoms with Gasteiger partial charge in [0.05, 0.1) is 0 Å². The molecule has 1 amide bonds. The normalized spacial score (nSPS) is 15.9. The fraction of sp³-hybridized carbons (Fsp3) is 0.611. The molecule has 0 heterocycles. The monoisotopic (exact) mass is 305 g/mol. The first-order valence-corrected chi connectivity index (χ1v) is 9.24. The molecule has 1 aromatic carbocycles. The van der Waals surface area contributed by atoms with Gasteiger partial charge in [-0.3, -0.25) is 4.79 Å². The van der Waals surface area contributed by atoms with E-state index in [-0.39, 0.29) is 5.91 Å². The van der Waals surface area contributed by atoms with E-state index in [0.717, 1.165) is 11.5 Å². The van der Waals surface area contributed by atoms with Gasteiger partial charge in [-0.05, 0) is 37.8 Å². The third kappa shape index (κ3) is 5.74. The van der Waals surface area contributed by atoms with Crippen molar-refractivity contribution in [1.29, 1.82) is 0 Å². The van der Waals surface area contributed by atoms with Gasteiger partial charge in [-0.15, -0.1) is 0 Å². The zero-order valence-electron chi connectivity index (χ0n) is 13.3. The highest BCUT2D eigenvalue weighted by molar-refractivity contribution is 7.98. The predicted molar refractivity (Wildman–Crippen MR) is 91.7 cm³/mol. The van der Waals surface area contributed by atoms with Gasteiger partial charge in [-0.1, -0.05) is 43.0 Å². The number of thioether (sulfide) groups is 1. The molecule has 0 spiro atoms. The molecule has 1 fully saturated rings. The number of aryl methyl sites for hydroxylation is 2. The van der Waals surface area contributed by atoms with Crippen molar-refractivity contribution in [3.05, 3.63) is 34.9 Å². The van der Waals surface area contributed by atoms with Crippen LogP contribution in [0.1, 0.15) is 55.2 Å². The lowest BCUT2D eigenvalue weighted by molar-refractivity contribution is -0.121. The molecule has 2 rings (SSSR count). The lowest BCUT2D eigenvalue weighted by Crippen LogP contribution is -2.36. The van der Waals surface area contributed by atoms with Crippen molar-refractivity contribution < 1.29 is 4.79 Å². The van der Waals surface area contributed by atoms with Crippen molar-refractivity contribution in [3.8, 4) is 0 Å². The molecule has 2 nitrogen and oxygen atoms in total. The van der Waals surface area contributed by atoms with Crippen molar-refractivity contribution in [2.75, 3.05) is 5.75 Å². The average Bonchev–Trinajstić information content (AvgIpc) is 2.48. The Hall–Kier alpha value is -0.960. The van der Waals surface area contributed by atoms with Gasteiger partial charge in [0.15, 0.2) is 0 Å².